The van der Waals surface area contributed by atoms with Crippen molar-refractivity contribution in [1.29, 1.82) is 0 Å². The van der Waals surface area contributed by atoms with Crippen LogP contribution in [0.4, 0.5) is 0 Å². The molecule has 0 spiro atoms. The van der Waals surface area contributed by atoms with Crippen LogP contribution in [0, 0.1) is 5.41 Å². The van der Waals surface area contributed by atoms with Crippen LogP contribution in [0.25, 0.3) is 0 Å². The largest absolute Gasteiger partial charge is 0.493 e. The second kappa shape index (κ2) is 6.37. The van der Waals surface area contributed by atoms with Gasteiger partial charge in [-0.15, -0.1) is 0 Å². The van der Waals surface area contributed by atoms with Gasteiger partial charge in [-0.2, -0.15) is 0 Å². The minimum Gasteiger partial charge on any atom is -0.493 e. The molecule has 1 aromatic rings. The monoisotopic (exact) mass is 265 g/mol. The second-order valence-electron chi connectivity index (χ2n) is 5.05. The van der Waals surface area contributed by atoms with E-state index in [1.807, 2.05) is 31.2 Å². The second-order valence-corrected chi connectivity index (χ2v) is 5.05. The molecule has 1 fully saturated rings. The van der Waals surface area contributed by atoms with Crippen molar-refractivity contribution in [2.24, 2.45) is 11.1 Å². The molecule has 1 aromatic carbocycles. The Morgan fingerprint density at radius 3 is 2.68 bits per heavy atom. The first-order valence-corrected chi connectivity index (χ1v) is 6.91. The Labute approximate surface area is 114 Å². The quantitative estimate of drug-likeness (QED) is 0.853. The minimum atomic E-state index is -0.607. The van der Waals surface area contributed by atoms with E-state index in [0.717, 1.165) is 24.2 Å². The van der Waals surface area contributed by atoms with E-state index in [1.165, 1.54) is 0 Å². The number of para-hydroxylation sites is 1. The number of aliphatic hydroxyl groups excluding tert-OH is 1. The van der Waals surface area contributed by atoms with Crippen LogP contribution in [0.3, 0.4) is 0 Å². The van der Waals surface area contributed by atoms with Gasteiger partial charge in [0.05, 0.1) is 12.7 Å². The molecule has 2 rings (SSSR count). The molecular formula is C15H23NO3. The van der Waals surface area contributed by atoms with E-state index in [9.17, 15) is 5.11 Å². The molecule has 1 aliphatic rings. The van der Waals surface area contributed by atoms with Crippen LogP contribution in [0.2, 0.25) is 0 Å². The summed E-state index contributed by atoms with van der Waals surface area (Å²) in [5, 5.41) is 10.8. The Morgan fingerprint density at radius 2 is 2.05 bits per heavy atom. The summed E-state index contributed by atoms with van der Waals surface area (Å²) in [5.41, 5.74) is 6.47. The highest BCUT2D eigenvalue weighted by atomic mass is 16.5. The van der Waals surface area contributed by atoms with Crippen LogP contribution < -0.4 is 10.5 Å². The average Bonchev–Trinajstić information content (AvgIpc) is 2.48. The molecule has 1 aliphatic heterocycles. The van der Waals surface area contributed by atoms with Crippen molar-refractivity contribution in [3.05, 3.63) is 29.8 Å². The smallest absolute Gasteiger partial charge is 0.125 e. The van der Waals surface area contributed by atoms with Gasteiger partial charge in [-0.05, 0) is 25.8 Å². The van der Waals surface area contributed by atoms with E-state index < -0.39 is 6.10 Å². The third-order valence-electron chi connectivity index (χ3n) is 3.99. The Kier molecular flexibility index (Phi) is 4.80. The zero-order valence-electron chi connectivity index (χ0n) is 11.5. The molecule has 4 heteroatoms. The van der Waals surface area contributed by atoms with Gasteiger partial charge in [0.15, 0.2) is 0 Å². The van der Waals surface area contributed by atoms with Gasteiger partial charge in [-0.3, -0.25) is 0 Å². The summed E-state index contributed by atoms with van der Waals surface area (Å²) < 4.78 is 11.0. The molecule has 0 aromatic heterocycles. The summed E-state index contributed by atoms with van der Waals surface area (Å²) in [7, 11) is 0. The van der Waals surface area contributed by atoms with Gasteiger partial charge in [0, 0.05) is 30.7 Å². The molecule has 106 valence electrons. The zero-order valence-corrected chi connectivity index (χ0v) is 11.5. The Morgan fingerprint density at radius 1 is 1.37 bits per heavy atom. The molecule has 4 nitrogen and oxygen atoms in total. The topological polar surface area (TPSA) is 64.7 Å². The van der Waals surface area contributed by atoms with E-state index in [4.69, 9.17) is 15.2 Å². The predicted molar refractivity (Wildman–Crippen MR) is 74.1 cm³/mol. The van der Waals surface area contributed by atoms with Gasteiger partial charge >= 0.3 is 0 Å². The van der Waals surface area contributed by atoms with Gasteiger partial charge < -0.3 is 20.3 Å². The molecule has 0 radical (unpaired) electrons. The van der Waals surface area contributed by atoms with Gasteiger partial charge in [0.1, 0.15) is 5.75 Å². The lowest BCUT2D eigenvalue weighted by atomic mass is 9.73. The van der Waals surface area contributed by atoms with Gasteiger partial charge in [-0.25, -0.2) is 0 Å². The minimum absolute atomic E-state index is 0.300. The summed E-state index contributed by atoms with van der Waals surface area (Å²) in [6.07, 6.45) is 0.958. The van der Waals surface area contributed by atoms with Crippen molar-refractivity contribution in [3.8, 4) is 5.75 Å². The number of hydrogen-bond donors (Lipinski definition) is 2. The van der Waals surface area contributed by atoms with Crippen molar-refractivity contribution in [1.82, 2.24) is 0 Å². The number of benzene rings is 1. The summed E-state index contributed by atoms with van der Waals surface area (Å²) in [4.78, 5) is 0. The third-order valence-corrected chi connectivity index (χ3v) is 3.99. The van der Waals surface area contributed by atoms with Crippen molar-refractivity contribution in [2.45, 2.75) is 25.9 Å². The van der Waals surface area contributed by atoms with Crippen molar-refractivity contribution >= 4 is 0 Å². The standard InChI is InChI=1S/C15H23NO3/c1-2-19-13-6-4-3-5-12(13)14(17)15(11-16)7-9-18-10-8-15/h3-6,14,17H,2,7-11,16H2,1H3/t14-/m0/s1. The summed E-state index contributed by atoms with van der Waals surface area (Å²) in [5.74, 6) is 0.747. The van der Waals surface area contributed by atoms with E-state index in [2.05, 4.69) is 0 Å². The lowest BCUT2D eigenvalue weighted by molar-refractivity contribution is -0.0589. The number of aliphatic hydroxyl groups is 1. The fourth-order valence-electron chi connectivity index (χ4n) is 2.69. The van der Waals surface area contributed by atoms with E-state index in [0.29, 0.717) is 26.4 Å². The number of nitrogens with two attached hydrogens (primary N) is 1. The van der Waals surface area contributed by atoms with Crippen LogP contribution in [-0.4, -0.2) is 31.5 Å². The fourth-order valence-corrected chi connectivity index (χ4v) is 2.69. The molecule has 0 bridgehead atoms. The van der Waals surface area contributed by atoms with Crippen LogP contribution in [-0.2, 0) is 4.74 Å². The highest BCUT2D eigenvalue weighted by Crippen LogP contribution is 2.44. The first-order valence-electron chi connectivity index (χ1n) is 6.91. The lowest BCUT2D eigenvalue weighted by Crippen LogP contribution is -2.41. The molecule has 0 unspecified atom stereocenters. The summed E-state index contributed by atoms with van der Waals surface area (Å²) in [6, 6.07) is 7.65. The maximum Gasteiger partial charge on any atom is 0.125 e. The predicted octanol–water partition coefficient (Wildman–Crippen LogP) is 1.87. The van der Waals surface area contributed by atoms with Crippen LogP contribution >= 0.6 is 0 Å². The summed E-state index contributed by atoms with van der Waals surface area (Å²) in [6.45, 7) is 4.30. The molecule has 0 aliphatic carbocycles. The first kappa shape index (κ1) is 14.3. The average molecular weight is 265 g/mol. The van der Waals surface area contributed by atoms with Gasteiger partial charge in [-0.1, -0.05) is 18.2 Å². The Hall–Kier alpha value is -1.10. The van der Waals surface area contributed by atoms with E-state index in [1.54, 1.807) is 0 Å². The molecule has 1 atom stereocenters. The normalized spacial score (nSPS) is 19.9. The zero-order chi connectivity index (χ0) is 13.7. The molecule has 0 saturated carbocycles. The highest BCUT2D eigenvalue weighted by molar-refractivity contribution is 5.36. The van der Waals surface area contributed by atoms with Crippen LogP contribution in [0.15, 0.2) is 24.3 Å². The highest BCUT2D eigenvalue weighted by Gasteiger charge is 2.40. The number of ether oxygens (including phenoxy) is 2. The Bertz CT molecular complexity index is 402. The maximum absolute atomic E-state index is 10.8. The van der Waals surface area contributed by atoms with E-state index >= 15 is 0 Å². The van der Waals surface area contributed by atoms with Crippen molar-refractivity contribution in [2.75, 3.05) is 26.4 Å². The van der Waals surface area contributed by atoms with Crippen LogP contribution in [0.5, 0.6) is 5.75 Å². The van der Waals surface area contributed by atoms with Crippen molar-refractivity contribution in [3.63, 3.8) is 0 Å². The van der Waals surface area contributed by atoms with Gasteiger partial charge in [0.25, 0.3) is 0 Å². The lowest BCUT2D eigenvalue weighted by Gasteiger charge is -2.40. The molecular weight excluding hydrogens is 242 g/mol. The molecule has 0 amide bonds. The Balaban J connectivity index is 2.28. The fraction of sp³-hybridized carbons (Fsp3) is 0.600. The SMILES string of the molecule is CCOc1ccccc1[C@H](O)C1(CN)CCOCC1. The summed E-state index contributed by atoms with van der Waals surface area (Å²) >= 11 is 0. The van der Waals surface area contributed by atoms with Crippen molar-refractivity contribution < 1.29 is 14.6 Å². The number of hydrogen-bond acceptors (Lipinski definition) is 4. The first-order chi connectivity index (χ1) is 9.23. The number of rotatable bonds is 5. The molecule has 19 heavy (non-hydrogen) atoms. The van der Waals surface area contributed by atoms with E-state index in [-0.39, 0.29) is 5.41 Å². The molecule has 1 saturated heterocycles. The molecule has 1 heterocycles. The van der Waals surface area contributed by atoms with Crippen LogP contribution in [0.1, 0.15) is 31.4 Å². The molecule has 3 N–H and O–H groups in total. The third kappa shape index (κ3) is 2.91. The maximum atomic E-state index is 10.8. The van der Waals surface area contributed by atoms with Gasteiger partial charge in [0.2, 0.25) is 0 Å².